The lowest BCUT2D eigenvalue weighted by Gasteiger charge is -2.03. The Bertz CT molecular complexity index is 461. The number of rotatable bonds is 2. The first-order valence-electron chi connectivity index (χ1n) is 4.47. The molecular weight excluding hydrogens is 256 g/mol. The van der Waals surface area contributed by atoms with Crippen LogP contribution in [0.15, 0.2) is 34.9 Å². The van der Waals surface area contributed by atoms with Crippen LogP contribution >= 0.6 is 15.9 Å². The van der Waals surface area contributed by atoms with Gasteiger partial charge in [-0.15, -0.1) is 0 Å². The van der Waals surface area contributed by atoms with Gasteiger partial charge >= 0.3 is 0 Å². The number of hydrogen-bond donors (Lipinski definition) is 2. The van der Waals surface area contributed by atoms with Crippen molar-refractivity contribution in [2.75, 3.05) is 11.1 Å². The van der Waals surface area contributed by atoms with Crippen molar-refractivity contribution in [2.45, 2.75) is 0 Å². The number of anilines is 3. The van der Waals surface area contributed by atoms with Crippen LogP contribution in [0.5, 0.6) is 0 Å². The summed E-state index contributed by atoms with van der Waals surface area (Å²) >= 11 is 3.38. The number of hydrogen-bond acceptors (Lipinski definition) is 3. The average Bonchev–Trinajstić information content (AvgIpc) is 2.49. The summed E-state index contributed by atoms with van der Waals surface area (Å²) in [6, 6.07) is 7.83. The second-order valence-electron chi connectivity index (χ2n) is 3.24. The summed E-state index contributed by atoms with van der Waals surface area (Å²) in [6.07, 6.45) is 1.77. The molecule has 1 aromatic carbocycles. The van der Waals surface area contributed by atoms with E-state index in [1.807, 2.05) is 31.3 Å². The molecule has 0 aliphatic rings. The van der Waals surface area contributed by atoms with E-state index in [1.54, 1.807) is 10.9 Å². The van der Waals surface area contributed by atoms with Crippen molar-refractivity contribution in [3.63, 3.8) is 0 Å². The molecule has 78 valence electrons. The van der Waals surface area contributed by atoms with Gasteiger partial charge in [-0.05, 0) is 24.3 Å². The Labute approximate surface area is 96.2 Å². The summed E-state index contributed by atoms with van der Waals surface area (Å²) in [7, 11) is 1.84. The van der Waals surface area contributed by atoms with Gasteiger partial charge in [0.1, 0.15) is 0 Å². The van der Waals surface area contributed by atoms with E-state index in [0.29, 0.717) is 11.5 Å². The number of nitrogens with two attached hydrogens (primary N) is 1. The molecule has 0 aliphatic heterocycles. The minimum absolute atomic E-state index is 0.639. The van der Waals surface area contributed by atoms with Crippen LogP contribution in [-0.4, -0.2) is 9.78 Å². The minimum atomic E-state index is 0.639. The largest absolute Gasteiger partial charge is 0.394 e. The molecule has 0 radical (unpaired) electrons. The first kappa shape index (κ1) is 10.0. The fraction of sp³-hybridized carbons (Fsp3) is 0.100. The number of nitrogen functional groups attached to an aromatic ring is 1. The SMILES string of the molecule is Cn1cc(N)c(Nc2ccc(Br)cc2)n1. The first-order valence-corrected chi connectivity index (χ1v) is 5.26. The van der Waals surface area contributed by atoms with Crippen molar-refractivity contribution in [3.8, 4) is 0 Å². The molecule has 0 spiro atoms. The normalized spacial score (nSPS) is 10.3. The molecule has 2 aromatic rings. The van der Waals surface area contributed by atoms with Crippen molar-refractivity contribution >= 4 is 33.1 Å². The monoisotopic (exact) mass is 266 g/mol. The Morgan fingerprint density at radius 3 is 2.53 bits per heavy atom. The van der Waals surface area contributed by atoms with Gasteiger partial charge in [0.25, 0.3) is 0 Å². The molecule has 4 nitrogen and oxygen atoms in total. The highest BCUT2D eigenvalue weighted by Gasteiger charge is 2.03. The van der Waals surface area contributed by atoms with Gasteiger partial charge in [-0.3, -0.25) is 4.68 Å². The van der Waals surface area contributed by atoms with Crippen molar-refractivity contribution in [1.82, 2.24) is 9.78 Å². The molecular formula is C10H11BrN4. The van der Waals surface area contributed by atoms with E-state index in [4.69, 9.17) is 5.73 Å². The lowest BCUT2D eigenvalue weighted by atomic mass is 10.3. The number of halogens is 1. The summed E-state index contributed by atoms with van der Waals surface area (Å²) in [5.41, 5.74) is 7.36. The van der Waals surface area contributed by atoms with Crippen LogP contribution in [0, 0.1) is 0 Å². The Kier molecular flexibility index (Phi) is 2.64. The predicted octanol–water partition coefficient (Wildman–Crippen LogP) is 2.51. The lowest BCUT2D eigenvalue weighted by Crippen LogP contribution is -1.95. The van der Waals surface area contributed by atoms with Gasteiger partial charge in [-0.25, -0.2) is 0 Å². The second kappa shape index (κ2) is 3.94. The molecule has 0 atom stereocenters. The molecule has 5 heteroatoms. The first-order chi connectivity index (χ1) is 7.15. The topological polar surface area (TPSA) is 55.9 Å². The van der Waals surface area contributed by atoms with Gasteiger partial charge in [0.05, 0.1) is 5.69 Å². The molecule has 2 rings (SSSR count). The molecule has 0 amide bonds. The number of nitrogens with zero attached hydrogens (tertiary/aromatic N) is 2. The van der Waals surface area contributed by atoms with Crippen LogP contribution in [0.2, 0.25) is 0 Å². The summed E-state index contributed by atoms with van der Waals surface area (Å²) in [6.45, 7) is 0. The number of aryl methyl sites for hydroxylation is 1. The van der Waals surface area contributed by atoms with Crippen LogP contribution in [0.25, 0.3) is 0 Å². The fourth-order valence-electron chi connectivity index (χ4n) is 1.27. The summed E-state index contributed by atoms with van der Waals surface area (Å²) in [4.78, 5) is 0. The number of aromatic nitrogens is 2. The smallest absolute Gasteiger partial charge is 0.175 e. The van der Waals surface area contributed by atoms with E-state index in [2.05, 4.69) is 26.3 Å². The van der Waals surface area contributed by atoms with Gasteiger partial charge in [0, 0.05) is 23.4 Å². The third kappa shape index (κ3) is 2.30. The van der Waals surface area contributed by atoms with E-state index in [9.17, 15) is 0 Å². The molecule has 0 unspecified atom stereocenters. The Hall–Kier alpha value is -1.49. The predicted molar refractivity (Wildman–Crippen MR) is 65.0 cm³/mol. The number of benzene rings is 1. The lowest BCUT2D eigenvalue weighted by molar-refractivity contribution is 0.771. The minimum Gasteiger partial charge on any atom is -0.394 e. The van der Waals surface area contributed by atoms with Gasteiger partial charge in [0.2, 0.25) is 0 Å². The van der Waals surface area contributed by atoms with E-state index in [-0.39, 0.29) is 0 Å². The Morgan fingerprint density at radius 2 is 2.00 bits per heavy atom. The molecule has 0 bridgehead atoms. The average molecular weight is 267 g/mol. The maximum Gasteiger partial charge on any atom is 0.175 e. The van der Waals surface area contributed by atoms with E-state index in [0.717, 1.165) is 10.2 Å². The quantitative estimate of drug-likeness (QED) is 0.879. The highest BCUT2D eigenvalue weighted by molar-refractivity contribution is 9.10. The van der Waals surface area contributed by atoms with E-state index < -0.39 is 0 Å². The Morgan fingerprint density at radius 1 is 1.33 bits per heavy atom. The fourth-order valence-corrected chi connectivity index (χ4v) is 1.54. The van der Waals surface area contributed by atoms with Crippen LogP contribution in [0.4, 0.5) is 17.2 Å². The highest BCUT2D eigenvalue weighted by Crippen LogP contribution is 2.21. The summed E-state index contributed by atoms with van der Waals surface area (Å²) in [5.74, 6) is 0.680. The number of nitrogens with one attached hydrogen (secondary N) is 1. The van der Waals surface area contributed by atoms with Crippen molar-refractivity contribution in [2.24, 2.45) is 7.05 Å². The van der Waals surface area contributed by atoms with E-state index in [1.165, 1.54) is 0 Å². The molecule has 1 aromatic heterocycles. The Balaban J connectivity index is 2.21. The zero-order valence-corrected chi connectivity index (χ0v) is 9.82. The third-order valence-electron chi connectivity index (χ3n) is 1.96. The van der Waals surface area contributed by atoms with E-state index >= 15 is 0 Å². The summed E-state index contributed by atoms with van der Waals surface area (Å²) in [5, 5.41) is 7.34. The van der Waals surface area contributed by atoms with Crippen LogP contribution in [-0.2, 0) is 7.05 Å². The van der Waals surface area contributed by atoms with Crippen molar-refractivity contribution in [3.05, 3.63) is 34.9 Å². The third-order valence-corrected chi connectivity index (χ3v) is 2.49. The van der Waals surface area contributed by atoms with Crippen molar-refractivity contribution in [1.29, 1.82) is 0 Å². The molecule has 1 heterocycles. The molecule has 15 heavy (non-hydrogen) atoms. The molecule has 0 aliphatic carbocycles. The molecule has 0 saturated carbocycles. The van der Waals surface area contributed by atoms with Crippen molar-refractivity contribution < 1.29 is 0 Å². The molecule has 0 saturated heterocycles. The second-order valence-corrected chi connectivity index (χ2v) is 4.15. The standard InChI is InChI=1S/C10H11BrN4/c1-15-6-9(12)10(14-15)13-8-4-2-7(11)3-5-8/h2-6H,12H2,1H3,(H,13,14). The molecule has 3 N–H and O–H groups in total. The van der Waals surface area contributed by atoms with Gasteiger partial charge in [-0.1, -0.05) is 15.9 Å². The summed E-state index contributed by atoms with van der Waals surface area (Å²) < 4.78 is 2.72. The van der Waals surface area contributed by atoms with Crippen LogP contribution in [0.1, 0.15) is 0 Å². The highest BCUT2D eigenvalue weighted by atomic mass is 79.9. The zero-order chi connectivity index (χ0) is 10.8. The van der Waals surface area contributed by atoms with Gasteiger partial charge < -0.3 is 11.1 Å². The van der Waals surface area contributed by atoms with Crippen LogP contribution < -0.4 is 11.1 Å². The maximum atomic E-state index is 5.76. The maximum absolute atomic E-state index is 5.76. The van der Waals surface area contributed by atoms with Gasteiger partial charge in [0.15, 0.2) is 5.82 Å². The van der Waals surface area contributed by atoms with Crippen LogP contribution in [0.3, 0.4) is 0 Å². The van der Waals surface area contributed by atoms with Gasteiger partial charge in [-0.2, -0.15) is 5.10 Å². The zero-order valence-electron chi connectivity index (χ0n) is 8.24. The molecule has 0 fully saturated rings.